The molecule has 1 heterocycles. The minimum absolute atomic E-state index is 0.335. The number of nitriles is 1. The summed E-state index contributed by atoms with van der Waals surface area (Å²) in [5, 5.41) is 14.9. The van der Waals surface area contributed by atoms with E-state index < -0.39 is 0 Å². The second kappa shape index (κ2) is 5.36. The Morgan fingerprint density at radius 1 is 1.37 bits per heavy atom. The van der Waals surface area contributed by atoms with Crippen molar-refractivity contribution in [3.05, 3.63) is 50.6 Å². The summed E-state index contributed by atoms with van der Waals surface area (Å²) in [6.07, 6.45) is 2.54. The van der Waals surface area contributed by atoms with Crippen molar-refractivity contribution in [1.29, 1.82) is 5.26 Å². The fourth-order valence-corrected chi connectivity index (χ4v) is 3.45. The summed E-state index contributed by atoms with van der Waals surface area (Å²) in [4.78, 5) is 1.35. The molecule has 3 rings (SSSR count). The molecule has 1 atom stereocenters. The van der Waals surface area contributed by atoms with Crippen LogP contribution in [0.25, 0.3) is 0 Å². The van der Waals surface area contributed by atoms with Gasteiger partial charge < -0.3 is 5.32 Å². The van der Waals surface area contributed by atoms with Crippen LogP contribution in [0.2, 0.25) is 0 Å². The van der Waals surface area contributed by atoms with Crippen LogP contribution in [0.4, 0.5) is 5.69 Å². The third kappa shape index (κ3) is 2.83. The van der Waals surface area contributed by atoms with Gasteiger partial charge in [-0.2, -0.15) is 5.26 Å². The number of nitrogens with one attached hydrogen (secondary N) is 1. The quantitative estimate of drug-likeness (QED) is 0.860. The fraction of sp³-hybridized carbons (Fsp3) is 0.267. The third-order valence-electron chi connectivity index (χ3n) is 3.36. The molecule has 1 aromatic carbocycles. The SMILES string of the molecule is N#Cc1ccc(Br)cc1NC(c1cccs1)C1CC1. The monoisotopic (exact) mass is 332 g/mol. The molecule has 1 aromatic heterocycles. The molecule has 1 unspecified atom stereocenters. The highest BCUT2D eigenvalue weighted by Gasteiger charge is 2.33. The van der Waals surface area contributed by atoms with Gasteiger partial charge in [-0.05, 0) is 48.4 Å². The molecular formula is C15H13BrN2S. The van der Waals surface area contributed by atoms with E-state index in [0.717, 1.165) is 10.2 Å². The lowest BCUT2D eigenvalue weighted by molar-refractivity contribution is 0.691. The lowest BCUT2D eigenvalue weighted by Crippen LogP contribution is -2.12. The number of halogens is 1. The van der Waals surface area contributed by atoms with Crippen molar-refractivity contribution in [3.63, 3.8) is 0 Å². The Hall–Kier alpha value is -1.31. The highest BCUT2D eigenvalue weighted by atomic mass is 79.9. The minimum atomic E-state index is 0.335. The number of rotatable bonds is 4. The van der Waals surface area contributed by atoms with Crippen LogP contribution in [-0.2, 0) is 0 Å². The van der Waals surface area contributed by atoms with Crippen molar-refractivity contribution in [1.82, 2.24) is 0 Å². The average molecular weight is 333 g/mol. The first-order chi connectivity index (χ1) is 9.28. The minimum Gasteiger partial charge on any atom is -0.376 e. The van der Waals surface area contributed by atoms with E-state index in [4.69, 9.17) is 0 Å². The Labute approximate surface area is 125 Å². The molecule has 19 heavy (non-hydrogen) atoms. The van der Waals surface area contributed by atoms with Gasteiger partial charge in [0.15, 0.2) is 0 Å². The van der Waals surface area contributed by atoms with Crippen LogP contribution in [0.3, 0.4) is 0 Å². The van der Waals surface area contributed by atoms with Gasteiger partial charge in [-0.25, -0.2) is 0 Å². The maximum absolute atomic E-state index is 9.20. The van der Waals surface area contributed by atoms with Gasteiger partial charge in [-0.3, -0.25) is 0 Å². The molecule has 4 heteroatoms. The Balaban J connectivity index is 1.90. The maximum atomic E-state index is 9.20. The first-order valence-electron chi connectivity index (χ1n) is 6.27. The van der Waals surface area contributed by atoms with Crippen molar-refractivity contribution >= 4 is 33.0 Å². The van der Waals surface area contributed by atoms with Crippen LogP contribution in [0, 0.1) is 17.2 Å². The molecule has 0 bridgehead atoms. The number of benzene rings is 1. The number of anilines is 1. The molecule has 0 radical (unpaired) electrons. The summed E-state index contributed by atoms with van der Waals surface area (Å²) in [5.74, 6) is 0.698. The molecule has 96 valence electrons. The van der Waals surface area contributed by atoms with E-state index in [-0.39, 0.29) is 0 Å². The zero-order valence-electron chi connectivity index (χ0n) is 10.3. The Morgan fingerprint density at radius 2 is 2.21 bits per heavy atom. The zero-order chi connectivity index (χ0) is 13.2. The van der Waals surface area contributed by atoms with Crippen molar-refractivity contribution in [2.24, 2.45) is 5.92 Å². The van der Waals surface area contributed by atoms with Crippen molar-refractivity contribution in [3.8, 4) is 6.07 Å². The van der Waals surface area contributed by atoms with Crippen LogP contribution < -0.4 is 5.32 Å². The Morgan fingerprint density at radius 3 is 2.84 bits per heavy atom. The molecule has 1 saturated carbocycles. The van der Waals surface area contributed by atoms with Gasteiger partial charge in [0, 0.05) is 9.35 Å². The molecule has 1 fully saturated rings. The maximum Gasteiger partial charge on any atom is 0.101 e. The van der Waals surface area contributed by atoms with Crippen LogP contribution in [0.15, 0.2) is 40.2 Å². The second-order valence-corrected chi connectivity index (χ2v) is 6.67. The molecule has 1 aliphatic rings. The number of nitrogens with zero attached hydrogens (tertiary/aromatic N) is 1. The molecule has 2 nitrogen and oxygen atoms in total. The van der Waals surface area contributed by atoms with Crippen LogP contribution in [-0.4, -0.2) is 0 Å². The molecule has 0 saturated heterocycles. The fourth-order valence-electron chi connectivity index (χ4n) is 2.22. The zero-order valence-corrected chi connectivity index (χ0v) is 12.7. The van der Waals surface area contributed by atoms with Gasteiger partial charge in [0.05, 0.1) is 17.3 Å². The van der Waals surface area contributed by atoms with Crippen LogP contribution in [0.5, 0.6) is 0 Å². The van der Waals surface area contributed by atoms with E-state index in [1.807, 2.05) is 18.2 Å². The Kier molecular flexibility index (Phi) is 3.58. The first-order valence-corrected chi connectivity index (χ1v) is 7.95. The first kappa shape index (κ1) is 12.7. The van der Waals surface area contributed by atoms with Gasteiger partial charge in [-0.15, -0.1) is 11.3 Å². The van der Waals surface area contributed by atoms with Gasteiger partial charge in [-0.1, -0.05) is 22.0 Å². The van der Waals surface area contributed by atoms with E-state index in [1.165, 1.54) is 17.7 Å². The molecular weight excluding hydrogens is 320 g/mol. The topological polar surface area (TPSA) is 35.8 Å². The highest BCUT2D eigenvalue weighted by molar-refractivity contribution is 9.10. The summed E-state index contributed by atoms with van der Waals surface area (Å²) in [6.45, 7) is 0. The van der Waals surface area contributed by atoms with E-state index in [1.54, 1.807) is 11.3 Å². The van der Waals surface area contributed by atoms with E-state index in [0.29, 0.717) is 17.5 Å². The number of hydrogen-bond acceptors (Lipinski definition) is 3. The summed E-state index contributed by atoms with van der Waals surface area (Å²) in [6, 6.07) is 12.6. The molecule has 1 aliphatic carbocycles. The molecule has 0 spiro atoms. The van der Waals surface area contributed by atoms with Crippen molar-refractivity contribution in [2.45, 2.75) is 18.9 Å². The molecule has 0 aliphatic heterocycles. The molecule has 2 aromatic rings. The van der Waals surface area contributed by atoms with Gasteiger partial charge in [0.1, 0.15) is 6.07 Å². The third-order valence-corrected chi connectivity index (χ3v) is 4.80. The van der Waals surface area contributed by atoms with Crippen LogP contribution >= 0.6 is 27.3 Å². The van der Waals surface area contributed by atoms with Crippen molar-refractivity contribution < 1.29 is 0 Å². The van der Waals surface area contributed by atoms with Crippen molar-refractivity contribution in [2.75, 3.05) is 5.32 Å². The predicted molar refractivity (Wildman–Crippen MR) is 82.3 cm³/mol. The van der Waals surface area contributed by atoms with Gasteiger partial charge >= 0.3 is 0 Å². The summed E-state index contributed by atoms with van der Waals surface area (Å²) >= 11 is 5.25. The van der Waals surface area contributed by atoms with E-state index in [9.17, 15) is 5.26 Å². The normalized spacial score (nSPS) is 15.8. The lowest BCUT2D eigenvalue weighted by atomic mass is 10.1. The second-order valence-electron chi connectivity index (χ2n) is 4.78. The standard InChI is InChI=1S/C15H13BrN2S/c16-12-6-5-11(9-17)13(8-12)18-15(10-3-4-10)14-2-1-7-19-14/h1-2,5-8,10,15,18H,3-4H2. The lowest BCUT2D eigenvalue weighted by Gasteiger charge is -2.19. The van der Waals surface area contributed by atoms with Crippen LogP contribution in [0.1, 0.15) is 29.3 Å². The summed E-state index contributed by atoms with van der Waals surface area (Å²) in [5.41, 5.74) is 1.62. The van der Waals surface area contributed by atoms with Gasteiger partial charge in [0.25, 0.3) is 0 Å². The predicted octanol–water partition coefficient (Wildman–Crippen LogP) is 4.95. The summed E-state index contributed by atoms with van der Waals surface area (Å²) < 4.78 is 0.995. The number of hydrogen-bond donors (Lipinski definition) is 1. The Bertz CT molecular complexity index is 612. The van der Waals surface area contributed by atoms with Gasteiger partial charge in [0.2, 0.25) is 0 Å². The summed E-state index contributed by atoms with van der Waals surface area (Å²) in [7, 11) is 0. The van der Waals surface area contributed by atoms with E-state index >= 15 is 0 Å². The molecule has 0 amide bonds. The van der Waals surface area contributed by atoms with E-state index in [2.05, 4.69) is 44.8 Å². The molecule has 1 N–H and O–H groups in total. The largest absolute Gasteiger partial charge is 0.376 e. The number of thiophene rings is 1. The average Bonchev–Trinajstić information content (AvgIpc) is 3.11. The smallest absolute Gasteiger partial charge is 0.101 e. The highest BCUT2D eigenvalue weighted by Crippen LogP contribution is 2.44.